The third-order valence-corrected chi connectivity index (χ3v) is 14.1. The first-order chi connectivity index (χ1) is 28.8. The number of quaternary nitrogens is 2. The van der Waals surface area contributed by atoms with Gasteiger partial charge in [-0.25, -0.2) is 0 Å². The Balaban J connectivity index is 1.80. The smallest absolute Gasteiger partial charge is 0.310 e. The average Bonchev–Trinajstić information content (AvgIpc) is 3.20. The van der Waals surface area contributed by atoms with Gasteiger partial charge in [0.1, 0.15) is 0 Å². The number of aryl methyl sites for hydroxylation is 2. The molecule has 0 amide bonds. The maximum absolute atomic E-state index is 14.0. The molecule has 60 heavy (non-hydrogen) atoms. The molecule has 0 N–H and O–H groups in total. The Labute approximate surface area is 376 Å². The summed E-state index contributed by atoms with van der Waals surface area (Å²) in [5, 5.41) is 0. The molecule has 2 aromatic rings. The third kappa shape index (κ3) is 22.7. The second-order valence-corrected chi connectivity index (χ2v) is 21.8. The van der Waals surface area contributed by atoms with Gasteiger partial charge in [-0.05, 0) is 112 Å². The summed E-state index contributed by atoms with van der Waals surface area (Å²) in [6.07, 6.45) is 24.3. The van der Waals surface area contributed by atoms with Crippen molar-refractivity contribution in [1.82, 2.24) is 0 Å². The molecule has 338 valence electrons. The summed E-state index contributed by atoms with van der Waals surface area (Å²) in [7, 11) is 13.4. The largest absolute Gasteiger partial charge is 0.465 e. The quantitative estimate of drug-likeness (QED) is 0.0415. The molecule has 2 atom stereocenters. The van der Waals surface area contributed by atoms with E-state index < -0.39 is 11.8 Å². The second-order valence-electron chi connectivity index (χ2n) is 19.5. The number of carbonyl (C=O) groups excluding carboxylic acids is 2. The van der Waals surface area contributed by atoms with Gasteiger partial charge in [0, 0.05) is 19.6 Å². The van der Waals surface area contributed by atoms with E-state index in [1.165, 1.54) is 99.6 Å². The van der Waals surface area contributed by atoms with Crippen molar-refractivity contribution in [2.75, 3.05) is 68.6 Å². The average molecular weight is 867 g/mol. The van der Waals surface area contributed by atoms with Crippen molar-refractivity contribution in [3.8, 4) is 0 Å². The van der Waals surface area contributed by atoms with Crippen molar-refractivity contribution in [3.63, 3.8) is 0 Å². The molecule has 0 aliphatic heterocycles. The minimum Gasteiger partial charge on any atom is -0.465 e. The van der Waals surface area contributed by atoms with Crippen LogP contribution in [0.1, 0.15) is 153 Å². The van der Waals surface area contributed by atoms with Crippen LogP contribution in [0.15, 0.2) is 68.1 Å². The number of unbranched alkanes of at least 4 members (excludes halogenated alkanes) is 14. The number of esters is 2. The van der Waals surface area contributed by atoms with Crippen LogP contribution in [0.5, 0.6) is 0 Å². The van der Waals surface area contributed by atoms with Gasteiger partial charge in [-0.15, -0.1) is 0 Å². The molecule has 0 bridgehead atoms. The maximum Gasteiger partial charge on any atom is 0.310 e. The third-order valence-electron chi connectivity index (χ3n) is 11.6. The minimum atomic E-state index is -0.563. The lowest BCUT2D eigenvalue weighted by Gasteiger charge is -2.32. The van der Waals surface area contributed by atoms with Crippen LogP contribution >= 0.6 is 23.5 Å². The van der Waals surface area contributed by atoms with E-state index in [-0.39, 0.29) is 11.9 Å². The Bertz CT molecular complexity index is 1510. The Morgan fingerprint density at radius 1 is 0.483 bits per heavy atom. The fourth-order valence-electron chi connectivity index (χ4n) is 7.85. The lowest BCUT2D eigenvalue weighted by Crippen LogP contribution is -2.36. The fourth-order valence-corrected chi connectivity index (χ4v) is 10.1. The van der Waals surface area contributed by atoms with E-state index in [1.54, 1.807) is 23.5 Å². The summed E-state index contributed by atoms with van der Waals surface area (Å²) < 4.78 is 14.0. The molecule has 2 aromatic carbocycles. The summed E-state index contributed by atoms with van der Waals surface area (Å²) in [5.74, 6) is -1.63. The van der Waals surface area contributed by atoms with E-state index in [9.17, 15) is 9.59 Å². The van der Waals surface area contributed by atoms with E-state index >= 15 is 0 Å². The number of hydrogen-bond donors (Lipinski definition) is 0. The van der Waals surface area contributed by atoms with Crippen LogP contribution in [0.25, 0.3) is 0 Å². The van der Waals surface area contributed by atoms with E-state index in [0.29, 0.717) is 26.1 Å². The molecular weight excluding hydrogens is 781 g/mol. The lowest BCUT2D eigenvalue weighted by atomic mass is 9.82. The van der Waals surface area contributed by atoms with Gasteiger partial charge in [0.25, 0.3) is 0 Å². The zero-order chi connectivity index (χ0) is 43.6. The Hall–Kier alpha value is -2.26. The molecule has 8 heteroatoms. The summed E-state index contributed by atoms with van der Waals surface area (Å²) in [5.41, 5.74) is 2.74. The number of thioether (sulfide) groups is 2. The van der Waals surface area contributed by atoms with Gasteiger partial charge in [0.15, 0.2) is 0 Å². The highest BCUT2D eigenvalue weighted by molar-refractivity contribution is 8.06. The number of hydrogen-bond acceptors (Lipinski definition) is 6. The maximum atomic E-state index is 14.0. The SMILES string of the molecule is CCCCCCCCOC(=O)[C@@H]1CC(Sc2ccc(CCCCCCCC)cc2)=C(Sc2ccc(CCCC[N+](C)(C)C)cc2)C[C@H]1C(=O)OCCCCCC[N+](C)(C)C. The Kier molecular flexibility index (Phi) is 25.3. The van der Waals surface area contributed by atoms with Crippen LogP contribution in [0.2, 0.25) is 0 Å². The summed E-state index contributed by atoms with van der Waals surface area (Å²) in [6, 6.07) is 18.0. The van der Waals surface area contributed by atoms with Crippen LogP contribution in [0, 0.1) is 11.8 Å². The first-order valence-electron chi connectivity index (χ1n) is 24.0. The monoisotopic (exact) mass is 867 g/mol. The van der Waals surface area contributed by atoms with Crippen molar-refractivity contribution in [2.45, 2.75) is 165 Å². The predicted octanol–water partition coefficient (Wildman–Crippen LogP) is 13.5. The molecule has 1 aliphatic carbocycles. The van der Waals surface area contributed by atoms with Crippen molar-refractivity contribution in [1.29, 1.82) is 0 Å². The van der Waals surface area contributed by atoms with Crippen molar-refractivity contribution in [3.05, 3.63) is 69.5 Å². The molecule has 1 aliphatic rings. The van der Waals surface area contributed by atoms with Crippen LogP contribution in [0.4, 0.5) is 0 Å². The molecule has 0 aromatic heterocycles. The highest BCUT2D eigenvalue weighted by atomic mass is 32.2. The van der Waals surface area contributed by atoms with Crippen LogP contribution in [-0.2, 0) is 31.9 Å². The van der Waals surface area contributed by atoms with Crippen molar-refractivity contribution in [2.24, 2.45) is 11.8 Å². The van der Waals surface area contributed by atoms with E-state index in [2.05, 4.69) is 105 Å². The summed E-state index contributed by atoms with van der Waals surface area (Å²) in [4.78, 5) is 32.7. The van der Waals surface area contributed by atoms with Crippen LogP contribution in [-0.4, -0.2) is 89.5 Å². The van der Waals surface area contributed by atoms with E-state index in [1.807, 2.05) is 0 Å². The first-order valence-corrected chi connectivity index (χ1v) is 25.6. The van der Waals surface area contributed by atoms with Gasteiger partial charge in [-0.1, -0.05) is 126 Å². The van der Waals surface area contributed by atoms with Crippen molar-refractivity contribution < 1.29 is 28.0 Å². The van der Waals surface area contributed by atoms with Gasteiger partial charge in [-0.2, -0.15) is 0 Å². The number of benzene rings is 2. The molecule has 0 saturated carbocycles. The molecular formula is C52H86N2O4S2+2. The minimum absolute atomic E-state index is 0.253. The van der Waals surface area contributed by atoms with Gasteiger partial charge in [0.05, 0.1) is 80.4 Å². The first kappa shape index (κ1) is 52.1. The Morgan fingerprint density at radius 2 is 0.817 bits per heavy atom. The zero-order valence-electron chi connectivity index (χ0n) is 39.5. The molecule has 0 unspecified atom stereocenters. The molecule has 3 rings (SSSR count). The molecule has 0 fully saturated rings. The van der Waals surface area contributed by atoms with E-state index in [0.717, 1.165) is 81.6 Å². The van der Waals surface area contributed by atoms with Gasteiger partial charge in [0.2, 0.25) is 0 Å². The summed E-state index contributed by atoms with van der Waals surface area (Å²) in [6.45, 7) is 7.62. The van der Waals surface area contributed by atoms with Crippen LogP contribution in [0.3, 0.4) is 0 Å². The molecule has 0 heterocycles. The highest BCUT2D eigenvalue weighted by Gasteiger charge is 2.41. The molecule has 0 saturated heterocycles. The highest BCUT2D eigenvalue weighted by Crippen LogP contribution is 2.49. The molecule has 6 nitrogen and oxygen atoms in total. The number of allylic oxidation sites excluding steroid dienone is 2. The van der Waals surface area contributed by atoms with Crippen molar-refractivity contribution >= 4 is 35.5 Å². The number of nitrogens with zero attached hydrogens (tertiary/aromatic N) is 2. The zero-order valence-corrected chi connectivity index (χ0v) is 41.1. The Morgan fingerprint density at radius 3 is 1.22 bits per heavy atom. The standard InChI is InChI=1S/C52H86N2O4S2/c1-9-11-13-15-17-21-27-43-29-33-45(34-30-43)59-49-41-47(51(55)57-39-25-19-16-14-12-10-2)48(52(56)58-40-26-20-18-23-37-53(3,4)5)42-50(49)60-46-35-31-44(32-36-46)28-22-24-38-54(6,7)8/h29-36,47-48H,9-28,37-42H2,1-8H3/q+2/t47-,48-/m1/s1. The normalized spacial score (nSPS) is 16.0. The molecule has 0 spiro atoms. The fraction of sp³-hybridized carbons (Fsp3) is 0.692. The van der Waals surface area contributed by atoms with Gasteiger partial charge in [-0.3, -0.25) is 9.59 Å². The number of ether oxygens (including phenoxy) is 2. The van der Waals surface area contributed by atoms with E-state index in [4.69, 9.17) is 9.47 Å². The summed E-state index contributed by atoms with van der Waals surface area (Å²) >= 11 is 3.51. The molecule has 0 radical (unpaired) electrons. The van der Waals surface area contributed by atoms with Crippen LogP contribution < -0.4 is 0 Å². The van der Waals surface area contributed by atoms with Gasteiger partial charge >= 0.3 is 11.9 Å². The lowest BCUT2D eigenvalue weighted by molar-refractivity contribution is -0.870. The second kappa shape index (κ2) is 29.2. The topological polar surface area (TPSA) is 52.6 Å². The predicted molar refractivity (Wildman–Crippen MR) is 257 cm³/mol. The number of carbonyl (C=O) groups is 2. The van der Waals surface area contributed by atoms with Gasteiger partial charge < -0.3 is 18.4 Å². The number of rotatable bonds is 32.